The number of aryl methyl sites for hydroxylation is 1. The molecule has 2 aromatic rings. The summed E-state index contributed by atoms with van der Waals surface area (Å²) in [6, 6.07) is 1.46. The molecule has 2 unspecified atom stereocenters. The van der Waals surface area contributed by atoms with Gasteiger partial charge >= 0.3 is 18.2 Å². The lowest BCUT2D eigenvalue weighted by molar-refractivity contribution is -0.196. The Morgan fingerprint density at radius 2 is 1.94 bits per heavy atom. The highest BCUT2D eigenvalue weighted by atomic mass is 19.4. The fourth-order valence-corrected chi connectivity index (χ4v) is 3.80. The topological polar surface area (TPSA) is 98.9 Å². The van der Waals surface area contributed by atoms with Crippen molar-refractivity contribution in [3.05, 3.63) is 23.8 Å². The Labute approximate surface area is 176 Å². The molecular weight excluding hydrogens is 419 g/mol. The minimum atomic E-state index is -4.66. The van der Waals surface area contributed by atoms with E-state index in [1.54, 1.807) is 27.7 Å². The zero-order valence-corrected chi connectivity index (χ0v) is 17.9. The number of hydrogen-bond donors (Lipinski definition) is 0. The van der Waals surface area contributed by atoms with Crippen LogP contribution in [0.25, 0.3) is 5.78 Å². The predicted molar refractivity (Wildman–Crippen MR) is 101 cm³/mol. The van der Waals surface area contributed by atoms with Crippen LogP contribution >= 0.6 is 0 Å². The highest BCUT2D eigenvalue weighted by Gasteiger charge is 2.57. The van der Waals surface area contributed by atoms with Crippen molar-refractivity contribution in [2.24, 2.45) is 5.92 Å². The molecule has 0 radical (unpaired) electrons. The number of likely N-dealkylation sites (tertiary alicyclic amines) is 1. The first-order valence-corrected chi connectivity index (χ1v) is 9.58. The van der Waals surface area contributed by atoms with Gasteiger partial charge in [0.2, 0.25) is 0 Å². The Morgan fingerprint density at radius 1 is 1.26 bits per heavy atom. The average Bonchev–Trinajstić information content (AvgIpc) is 3.12. The third kappa shape index (κ3) is 4.42. The van der Waals surface area contributed by atoms with E-state index < -0.39 is 48.1 Å². The Bertz CT molecular complexity index is 1000. The Morgan fingerprint density at radius 3 is 2.52 bits per heavy atom. The van der Waals surface area contributed by atoms with E-state index in [4.69, 9.17) is 9.47 Å². The van der Waals surface area contributed by atoms with Gasteiger partial charge in [0.05, 0.1) is 18.7 Å². The number of alkyl halides is 3. The fraction of sp³-hybridized carbons (Fsp3) is 0.632. The summed E-state index contributed by atoms with van der Waals surface area (Å²) >= 11 is 0. The quantitative estimate of drug-likeness (QED) is 0.658. The zero-order valence-electron chi connectivity index (χ0n) is 17.9. The van der Waals surface area contributed by atoms with Gasteiger partial charge in [0.1, 0.15) is 17.3 Å². The second-order valence-corrected chi connectivity index (χ2v) is 8.63. The molecule has 12 heteroatoms. The zero-order chi connectivity index (χ0) is 23.2. The van der Waals surface area contributed by atoms with Crippen LogP contribution in [0.15, 0.2) is 12.4 Å². The number of ether oxygens (including phenoxy) is 2. The molecule has 0 aliphatic carbocycles. The molecule has 31 heavy (non-hydrogen) atoms. The second kappa shape index (κ2) is 7.65. The molecule has 1 saturated heterocycles. The van der Waals surface area contributed by atoms with E-state index in [1.807, 2.05) is 0 Å². The number of nitrogens with zero attached hydrogens (tertiary/aromatic N) is 5. The summed E-state index contributed by atoms with van der Waals surface area (Å²) < 4.78 is 53.1. The summed E-state index contributed by atoms with van der Waals surface area (Å²) in [5, 5.41) is 4.03. The Balaban J connectivity index is 2.20. The summed E-state index contributed by atoms with van der Waals surface area (Å²) in [6.07, 6.45) is -5.05. The third-order valence-electron chi connectivity index (χ3n) is 5.06. The predicted octanol–water partition coefficient (Wildman–Crippen LogP) is 2.66. The maximum atomic E-state index is 13.9. The van der Waals surface area contributed by atoms with E-state index in [-0.39, 0.29) is 18.0 Å². The molecular formula is C19H24F3N5O4. The summed E-state index contributed by atoms with van der Waals surface area (Å²) in [6.45, 7) is 5.43. The lowest BCUT2D eigenvalue weighted by atomic mass is 9.72. The number of rotatable bonds is 2. The van der Waals surface area contributed by atoms with Crippen LogP contribution in [0, 0.1) is 12.8 Å². The lowest BCUT2D eigenvalue weighted by Gasteiger charge is -2.44. The molecule has 1 aliphatic heterocycles. The largest absolute Gasteiger partial charge is 0.468 e. The fourth-order valence-electron chi connectivity index (χ4n) is 3.80. The highest BCUT2D eigenvalue weighted by molar-refractivity contribution is 5.84. The average molecular weight is 443 g/mol. The molecule has 0 bridgehead atoms. The number of piperidine rings is 1. The molecule has 9 nitrogen and oxygen atoms in total. The first-order valence-electron chi connectivity index (χ1n) is 9.58. The van der Waals surface area contributed by atoms with Crippen LogP contribution in [0.5, 0.6) is 0 Å². The van der Waals surface area contributed by atoms with E-state index in [9.17, 15) is 22.8 Å². The van der Waals surface area contributed by atoms with Gasteiger partial charge in [-0.05, 0) is 40.2 Å². The van der Waals surface area contributed by atoms with Gasteiger partial charge in [-0.15, -0.1) is 0 Å². The number of hydrogen-bond acceptors (Lipinski definition) is 7. The van der Waals surface area contributed by atoms with E-state index >= 15 is 0 Å². The van der Waals surface area contributed by atoms with Gasteiger partial charge < -0.3 is 14.4 Å². The smallest absolute Gasteiger partial charge is 0.410 e. The van der Waals surface area contributed by atoms with E-state index in [0.29, 0.717) is 5.69 Å². The third-order valence-corrected chi connectivity index (χ3v) is 5.06. The van der Waals surface area contributed by atoms with Gasteiger partial charge in [0.25, 0.3) is 5.78 Å². The first-order chi connectivity index (χ1) is 14.3. The number of carbonyl (C=O) groups is 2. The van der Waals surface area contributed by atoms with Crippen LogP contribution in [0.3, 0.4) is 0 Å². The van der Waals surface area contributed by atoms with Gasteiger partial charge in [-0.3, -0.25) is 4.79 Å². The number of carbonyl (C=O) groups excluding carboxylic acids is 2. The van der Waals surface area contributed by atoms with Crippen molar-refractivity contribution in [3.63, 3.8) is 0 Å². The Kier molecular flexibility index (Phi) is 5.61. The minimum absolute atomic E-state index is 0.113. The number of halogens is 3. The molecule has 1 amide bonds. The number of aromatic nitrogens is 4. The second-order valence-electron chi connectivity index (χ2n) is 8.63. The molecule has 0 aromatic carbocycles. The molecule has 3 rings (SSSR count). The number of esters is 1. The van der Waals surface area contributed by atoms with Crippen molar-refractivity contribution >= 4 is 17.8 Å². The van der Waals surface area contributed by atoms with Gasteiger partial charge in [0.15, 0.2) is 0 Å². The van der Waals surface area contributed by atoms with Crippen LogP contribution in [-0.2, 0) is 19.7 Å². The highest BCUT2D eigenvalue weighted by Crippen LogP contribution is 2.44. The molecule has 1 aliphatic rings. The van der Waals surface area contributed by atoms with Gasteiger partial charge in [0, 0.05) is 18.8 Å². The van der Waals surface area contributed by atoms with Gasteiger partial charge in [-0.2, -0.15) is 23.3 Å². The number of fused-ring (bicyclic) bond motifs is 1. The molecule has 0 N–H and O–H groups in total. The van der Waals surface area contributed by atoms with Crippen molar-refractivity contribution in [2.75, 3.05) is 20.2 Å². The summed E-state index contributed by atoms with van der Waals surface area (Å²) in [4.78, 5) is 34.9. The molecule has 0 saturated carbocycles. The normalized spacial score (nSPS) is 22.5. The minimum Gasteiger partial charge on any atom is -0.468 e. The molecule has 170 valence electrons. The van der Waals surface area contributed by atoms with E-state index in [1.165, 1.54) is 16.9 Å². The summed E-state index contributed by atoms with van der Waals surface area (Å²) in [5.74, 6) is -2.78. The van der Waals surface area contributed by atoms with Crippen LogP contribution in [0.1, 0.15) is 38.6 Å². The van der Waals surface area contributed by atoms with E-state index in [2.05, 4.69) is 15.1 Å². The maximum Gasteiger partial charge on any atom is 0.410 e. The van der Waals surface area contributed by atoms with Crippen LogP contribution in [0.4, 0.5) is 18.0 Å². The lowest BCUT2D eigenvalue weighted by Crippen LogP contribution is -2.59. The number of amides is 1. The molecule has 2 atom stereocenters. The molecule has 2 aromatic heterocycles. The van der Waals surface area contributed by atoms with Crippen molar-refractivity contribution in [2.45, 2.75) is 51.3 Å². The molecule has 1 fully saturated rings. The van der Waals surface area contributed by atoms with Gasteiger partial charge in [-0.25, -0.2) is 14.3 Å². The van der Waals surface area contributed by atoms with Crippen molar-refractivity contribution < 1.29 is 32.2 Å². The maximum absolute atomic E-state index is 13.9. The van der Waals surface area contributed by atoms with Crippen molar-refractivity contribution in [1.29, 1.82) is 0 Å². The SMILES string of the molecule is COC(=O)C1(c2cc(C)nc3ncnn23)CC(C(F)(F)F)CN(C(=O)OC(C)(C)C)C1. The summed E-state index contributed by atoms with van der Waals surface area (Å²) in [5.41, 5.74) is -2.25. The van der Waals surface area contributed by atoms with Crippen molar-refractivity contribution in [3.8, 4) is 0 Å². The van der Waals surface area contributed by atoms with Crippen LogP contribution in [-0.4, -0.2) is 68.5 Å². The monoisotopic (exact) mass is 443 g/mol. The molecule has 3 heterocycles. The molecule has 0 spiro atoms. The van der Waals surface area contributed by atoms with Crippen LogP contribution in [0.2, 0.25) is 0 Å². The Hall–Kier alpha value is -2.92. The van der Waals surface area contributed by atoms with E-state index in [0.717, 1.165) is 12.0 Å². The van der Waals surface area contributed by atoms with Crippen molar-refractivity contribution in [1.82, 2.24) is 24.5 Å². The standard InChI is InChI=1S/C19H24F3N5O4/c1-11-6-13(27-15(25-11)23-10-24-27)18(14(28)30-5)7-12(19(20,21)22)8-26(9-18)16(29)31-17(2,3)4/h6,10,12H,7-9H2,1-5H3. The first kappa shape index (κ1) is 22.8. The van der Waals surface area contributed by atoms with Crippen LogP contribution < -0.4 is 0 Å². The number of methoxy groups -OCH3 is 1. The summed E-state index contributed by atoms with van der Waals surface area (Å²) in [7, 11) is 1.09. The van der Waals surface area contributed by atoms with Gasteiger partial charge in [-0.1, -0.05) is 0 Å².